The predicted molar refractivity (Wildman–Crippen MR) is 88.6 cm³/mol. The van der Waals surface area contributed by atoms with Crippen LogP contribution in [0.25, 0.3) is 0 Å². The number of carbonyl (C=O) groups is 2. The van der Waals surface area contributed by atoms with Crippen LogP contribution in [0, 0.1) is 0 Å². The van der Waals surface area contributed by atoms with E-state index in [0.29, 0.717) is 23.5 Å². The maximum Gasteiger partial charge on any atom is 0.280 e. The molecule has 7 nitrogen and oxygen atoms in total. The Morgan fingerprint density at radius 1 is 1.35 bits per heavy atom. The van der Waals surface area contributed by atoms with Gasteiger partial charge in [0.15, 0.2) is 11.6 Å². The lowest BCUT2D eigenvalue weighted by atomic mass is 10.0. The van der Waals surface area contributed by atoms with Crippen LogP contribution >= 0.6 is 0 Å². The number of anilines is 1. The first-order valence-corrected chi connectivity index (χ1v) is 7.55. The summed E-state index contributed by atoms with van der Waals surface area (Å²) >= 11 is 0. The third-order valence-corrected chi connectivity index (χ3v) is 3.59. The second kappa shape index (κ2) is 6.28. The largest absolute Gasteiger partial charge is 0.476 e. The molecule has 0 aliphatic carbocycles. The van der Waals surface area contributed by atoms with Gasteiger partial charge in [0.25, 0.3) is 11.8 Å². The molecule has 0 bridgehead atoms. The van der Waals surface area contributed by atoms with E-state index in [1.807, 2.05) is 0 Å². The van der Waals surface area contributed by atoms with Gasteiger partial charge in [0.05, 0.1) is 5.69 Å². The molecule has 7 heteroatoms. The maximum absolute atomic E-state index is 12.6. The molecule has 1 heterocycles. The zero-order chi connectivity index (χ0) is 17.2. The highest BCUT2D eigenvalue weighted by atomic mass is 16.5. The molecule has 2 amide bonds. The van der Waals surface area contributed by atoms with Crippen molar-refractivity contribution in [3.05, 3.63) is 23.8 Å². The maximum atomic E-state index is 12.6. The van der Waals surface area contributed by atoms with Crippen LogP contribution in [0.2, 0.25) is 0 Å². The second-order valence-electron chi connectivity index (χ2n) is 5.95. The molecule has 1 aliphatic heterocycles. The number of unbranched alkanes of at least 4 members (excludes halogenated alkanes) is 1. The zero-order valence-electron chi connectivity index (χ0n) is 13.6. The number of benzene rings is 1. The summed E-state index contributed by atoms with van der Waals surface area (Å²) in [6, 6.07) is 4.84. The van der Waals surface area contributed by atoms with Crippen molar-refractivity contribution in [3.8, 4) is 5.75 Å². The molecule has 124 valence electrons. The Kier molecular flexibility index (Phi) is 4.58. The molecule has 0 spiro atoms. The van der Waals surface area contributed by atoms with E-state index < -0.39 is 11.5 Å². The van der Waals surface area contributed by atoms with Gasteiger partial charge in [-0.15, -0.1) is 0 Å². The molecule has 0 saturated heterocycles. The number of rotatable bonds is 4. The van der Waals surface area contributed by atoms with Crippen LogP contribution in [0.3, 0.4) is 0 Å². The van der Waals surface area contributed by atoms with Crippen molar-refractivity contribution in [2.24, 2.45) is 16.5 Å². The van der Waals surface area contributed by atoms with Crippen LogP contribution in [0.1, 0.15) is 44.0 Å². The number of aliphatic imine (C=N–C) groups is 1. The van der Waals surface area contributed by atoms with E-state index in [1.54, 1.807) is 36.9 Å². The highest BCUT2D eigenvalue weighted by Crippen LogP contribution is 2.38. The van der Waals surface area contributed by atoms with Gasteiger partial charge < -0.3 is 21.1 Å². The van der Waals surface area contributed by atoms with Gasteiger partial charge in [0, 0.05) is 12.1 Å². The average Bonchev–Trinajstić information content (AvgIpc) is 2.46. The van der Waals surface area contributed by atoms with Crippen LogP contribution in [0.15, 0.2) is 23.2 Å². The van der Waals surface area contributed by atoms with Crippen molar-refractivity contribution in [2.45, 2.75) is 39.2 Å². The highest BCUT2D eigenvalue weighted by Gasteiger charge is 2.40. The smallest absolute Gasteiger partial charge is 0.280 e. The van der Waals surface area contributed by atoms with Gasteiger partial charge in [0.1, 0.15) is 5.75 Å². The molecule has 4 N–H and O–H groups in total. The third kappa shape index (κ3) is 3.44. The summed E-state index contributed by atoms with van der Waals surface area (Å²) in [5.74, 6) is -0.429. The number of nitrogens with two attached hydrogens (primary N) is 2. The van der Waals surface area contributed by atoms with E-state index in [9.17, 15) is 9.59 Å². The molecular weight excluding hydrogens is 296 g/mol. The molecule has 23 heavy (non-hydrogen) atoms. The number of ether oxygens (including phenoxy) is 1. The summed E-state index contributed by atoms with van der Waals surface area (Å²) in [5, 5.41) is 0. The topological polar surface area (TPSA) is 111 Å². The fourth-order valence-corrected chi connectivity index (χ4v) is 2.42. The second-order valence-corrected chi connectivity index (χ2v) is 5.95. The molecule has 0 radical (unpaired) electrons. The predicted octanol–water partition coefficient (Wildman–Crippen LogP) is 1.40. The molecule has 2 rings (SSSR count). The molecule has 1 aliphatic rings. The van der Waals surface area contributed by atoms with Crippen molar-refractivity contribution >= 4 is 23.5 Å². The number of nitrogens with zero attached hydrogens (tertiary/aromatic N) is 2. The average molecular weight is 318 g/mol. The van der Waals surface area contributed by atoms with Crippen LogP contribution in [0.5, 0.6) is 5.75 Å². The lowest BCUT2D eigenvalue weighted by molar-refractivity contribution is -0.132. The fraction of sp³-hybridized carbons (Fsp3) is 0.438. The Morgan fingerprint density at radius 3 is 2.65 bits per heavy atom. The summed E-state index contributed by atoms with van der Waals surface area (Å²) in [5.41, 5.74) is 10.4. The van der Waals surface area contributed by atoms with Gasteiger partial charge in [-0.3, -0.25) is 9.59 Å². The third-order valence-electron chi connectivity index (χ3n) is 3.59. The Morgan fingerprint density at radius 2 is 2.04 bits per heavy atom. The number of amides is 2. The summed E-state index contributed by atoms with van der Waals surface area (Å²) in [4.78, 5) is 29.8. The Balaban J connectivity index is 2.46. The van der Waals surface area contributed by atoms with E-state index in [4.69, 9.17) is 16.2 Å². The molecule has 0 saturated carbocycles. The molecule has 1 aromatic rings. The molecule has 0 fully saturated rings. The number of carbonyl (C=O) groups excluding carboxylic acids is 2. The quantitative estimate of drug-likeness (QED) is 0.644. The summed E-state index contributed by atoms with van der Waals surface area (Å²) in [7, 11) is 0. The van der Waals surface area contributed by atoms with Crippen LogP contribution < -0.4 is 21.1 Å². The first-order chi connectivity index (χ1) is 10.8. The van der Waals surface area contributed by atoms with Crippen molar-refractivity contribution in [2.75, 3.05) is 11.4 Å². The van der Waals surface area contributed by atoms with Gasteiger partial charge in [0.2, 0.25) is 0 Å². The van der Waals surface area contributed by atoms with Crippen LogP contribution in [-0.4, -0.2) is 29.9 Å². The standard InChI is InChI=1S/C16H22N4O3/c1-4-5-8-20-11-9-10(13(21)19-15(17)18)6-7-12(11)23-16(2,3)14(20)22/h6-7,9H,4-5,8H2,1-3H3,(H4,17,18,19,21). The van der Waals surface area contributed by atoms with Crippen molar-refractivity contribution in [1.82, 2.24) is 0 Å². The zero-order valence-corrected chi connectivity index (χ0v) is 13.6. The number of fused-ring (bicyclic) bond motifs is 1. The van der Waals surface area contributed by atoms with Gasteiger partial charge >= 0.3 is 0 Å². The Bertz CT molecular complexity index is 663. The minimum absolute atomic E-state index is 0.134. The van der Waals surface area contributed by atoms with Crippen LogP contribution in [-0.2, 0) is 4.79 Å². The van der Waals surface area contributed by atoms with E-state index in [-0.39, 0.29) is 11.9 Å². The highest BCUT2D eigenvalue weighted by molar-refractivity contribution is 6.06. The summed E-state index contributed by atoms with van der Waals surface area (Å²) < 4.78 is 5.77. The lowest BCUT2D eigenvalue weighted by Crippen LogP contribution is -2.52. The normalized spacial score (nSPS) is 15.6. The fourth-order valence-electron chi connectivity index (χ4n) is 2.42. The summed E-state index contributed by atoms with van der Waals surface area (Å²) in [6.07, 6.45) is 1.81. The number of guanidine groups is 1. The molecule has 0 aromatic heterocycles. The van der Waals surface area contributed by atoms with E-state index in [0.717, 1.165) is 12.8 Å². The molecule has 0 unspecified atom stereocenters. The Hall–Kier alpha value is -2.57. The Labute approximate surface area is 135 Å². The van der Waals surface area contributed by atoms with Gasteiger partial charge in [-0.25, -0.2) is 0 Å². The molecule has 0 atom stereocenters. The van der Waals surface area contributed by atoms with Gasteiger partial charge in [-0.05, 0) is 38.5 Å². The minimum Gasteiger partial charge on any atom is -0.476 e. The van der Waals surface area contributed by atoms with Crippen molar-refractivity contribution < 1.29 is 14.3 Å². The van der Waals surface area contributed by atoms with Crippen molar-refractivity contribution in [1.29, 1.82) is 0 Å². The first kappa shape index (κ1) is 16.8. The van der Waals surface area contributed by atoms with E-state index in [2.05, 4.69) is 11.9 Å². The van der Waals surface area contributed by atoms with Crippen LogP contribution in [0.4, 0.5) is 5.69 Å². The molecular formula is C16H22N4O3. The SMILES string of the molecule is CCCCN1C(=O)C(C)(C)Oc2ccc(C(=O)N=C(N)N)cc21. The summed E-state index contributed by atoms with van der Waals surface area (Å²) in [6.45, 7) is 6.08. The molecule has 1 aromatic carbocycles. The van der Waals surface area contributed by atoms with Gasteiger partial charge in [-0.1, -0.05) is 13.3 Å². The van der Waals surface area contributed by atoms with E-state index in [1.165, 1.54) is 0 Å². The van der Waals surface area contributed by atoms with Crippen molar-refractivity contribution in [3.63, 3.8) is 0 Å². The van der Waals surface area contributed by atoms with E-state index >= 15 is 0 Å². The monoisotopic (exact) mass is 318 g/mol. The lowest BCUT2D eigenvalue weighted by Gasteiger charge is -2.39. The number of hydrogen-bond donors (Lipinski definition) is 2. The first-order valence-electron chi connectivity index (χ1n) is 7.55. The number of hydrogen-bond acceptors (Lipinski definition) is 3. The minimum atomic E-state index is -0.938. The van der Waals surface area contributed by atoms with Gasteiger partial charge in [-0.2, -0.15) is 4.99 Å².